The number of nitrogens with one attached hydrogen (secondary N) is 3. The van der Waals surface area contributed by atoms with Gasteiger partial charge in [-0.3, -0.25) is 4.79 Å². The highest BCUT2D eigenvalue weighted by Gasteiger charge is 2.44. The lowest BCUT2D eigenvalue weighted by Crippen LogP contribution is -2.52. The van der Waals surface area contributed by atoms with E-state index in [4.69, 9.17) is 5.11 Å². The minimum Gasteiger partial charge on any atom is -0.598 e. The Labute approximate surface area is 295 Å². The van der Waals surface area contributed by atoms with E-state index < -0.39 is 57.0 Å². The Morgan fingerprint density at radius 2 is 1.73 bits per heavy atom. The molecule has 1 saturated carbocycles. The molecule has 268 valence electrons. The number of nitriles is 1. The number of aromatic nitrogens is 2. The van der Waals surface area contributed by atoms with Crippen molar-refractivity contribution in [3.8, 4) is 11.8 Å². The van der Waals surface area contributed by atoms with E-state index in [1.165, 1.54) is 36.4 Å². The quantitative estimate of drug-likeness (QED) is 0.0876. The van der Waals surface area contributed by atoms with Crippen molar-refractivity contribution >= 4 is 29.0 Å². The minimum absolute atomic E-state index is 0.0309. The first kappa shape index (κ1) is 37.3. The van der Waals surface area contributed by atoms with Gasteiger partial charge in [0, 0.05) is 24.0 Å². The zero-order valence-corrected chi connectivity index (χ0v) is 28.8. The van der Waals surface area contributed by atoms with Crippen molar-refractivity contribution in [2.75, 3.05) is 5.32 Å². The Morgan fingerprint density at radius 3 is 2.33 bits per heavy atom. The van der Waals surface area contributed by atoms with Crippen LogP contribution in [0, 0.1) is 23.1 Å². The molecule has 0 unspecified atom stereocenters. The highest BCUT2D eigenvalue weighted by atomic mass is 32.2. The normalized spacial score (nSPS) is 15.0. The van der Waals surface area contributed by atoms with Crippen LogP contribution in [-0.4, -0.2) is 36.2 Å². The maximum atomic E-state index is 15.5. The van der Waals surface area contributed by atoms with Crippen molar-refractivity contribution in [3.05, 3.63) is 112 Å². The molecule has 5 rings (SSSR count). The van der Waals surface area contributed by atoms with E-state index in [2.05, 4.69) is 26.5 Å². The van der Waals surface area contributed by atoms with Crippen LogP contribution in [0.3, 0.4) is 0 Å². The van der Waals surface area contributed by atoms with Crippen molar-refractivity contribution in [2.45, 2.75) is 69.5 Å². The van der Waals surface area contributed by atoms with Gasteiger partial charge in [-0.1, -0.05) is 43.2 Å². The number of alkyl halides is 3. The molecule has 0 aliphatic heterocycles. The molecule has 1 fully saturated rings. The Hall–Kier alpha value is -4.91. The summed E-state index contributed by atoms with van der Waals surface area (Å²) in [5.41, 5.74) is -1.56. The first-order valence-corrected chi connectivity index (χ1v) is 17.2. The fourth-order valence-corrected chi connectivity index (χ4v) is 6.48. The van der Waals surface area contributed by atoms with Crippen LogP contribution in [0.1, 0.15) is 84.9 Å². The number of nitrogens with zero attached hydrogens (tertiary/aromatic N) is 3. The van der Waals surface area contributed by atoms with Crippen molar-refractivity contribution in [1.82, 2.24) is 19.8 Å². The van der Waals surface area contributed by atoms with Gasteiger partial charge < -0.3 is 20.3 Å². The summed E-state index contributed by atoms with van der Waals surface area (Å²) in [6.07, 6.45) is -3.01. The first-order chi connectivity index (χ1) is 24.0. The largest absolute Gasteiger partial charge is 0.598 e. The van der Waals surface area contributed by atoms with Crippen LogP contribution in [0.5, 0.6) is 0 Å². The zero-order chi connectivity index (χ0) is 37.1. The fraction of sp³-hybridized carbons (Fsp3) is 0.333. The monoisotopic (exact) mass is 724 g/mol. The molecule has 0 saturated heterocycles. The highest BCUT2D eigenvalue weighted by molar-refractivity contribution is 7.90. The second-order valence-corrected chi connectivity index (χ2v) is 15.3. The fourth-order valence-electron chi connectivity index (χ4n) is 5.52. The average molecular weight is 725 g/mol. The van der Waals surface area contributed by atoms with Crippen LogP contribution >= 0.6 is 0 Å². The second-order valence-electron chi connectivity index (χ2n) is 13.4. The number of hydrogen-bond donors (Lipinski definition) is 4. The number of anilines is 1. The Kier molecular flexibility index (Phi) is 10.8. The first-order valence-electron chi connectivity index (χ1n) is 16.1. The van der Waals surface area contributed by atoms with Crippen molar-refractivity contribution < 1.29 is 36.8 Å². The Balaban J connectivity index is 1.58. The summed E-state index contributed by atoms with van der Waals surface area (Å²) in [5.74, 6) is -1.53. The number of halogens is 4. The number of rotatable bonds is 12. The molecule has 0 spiro atoms. The molecular formula is C36H36F4N6O4S. The standard InChI is InChI=1S/C36H36F4N6O4S/c1-34(2,3)51(50)45-35(16-15-22-7-8-22,25-11-9-23(20-41)10-12-25)26-13-14-28(37)29(18-26)43-32(47)30-19-31(36(38,39)40)44-46(30)27-6-4-5-24(17-27)21-42-33(48)49/h4-6,9-14,17-19,22,42,45H,7-8,15-16,21H2,1-3H3,(H,43,47)(H,48,49)/t35-,51-/m0/s1. The predicted molar refractivity (Wildman–Crippen MR) is 183 cm³/mol. The van der Waals surface area contributed by atoms with Crippen LogP contribution in [0.25, 0.3) is 5.69 Å². The van der Waals surface area contributed by atoms with Gasteiger partial charge in [0.2, 0.25) is 0 Å². The van der Waals surface area contributed by atoms with Gasteiger partial charge in [0.05, 0.1) is 23.0 Å². The molecule has 0 radical (unpaired) electrons. The molecule has 2 atom stereocenters. The summed E-state index contributed by atoms with van der Waals surface area (Å²) in [7, 11) is 0. The van der Waals surface area contributed by atoms with Crippen molar-refractivity contribution in [1.29, 1.82) is 5.26 Å². The minimum atomic E-state index is -4.93. The molecule has 2 amide bonds. The summed E-state index contributed by atoms with van der Waals surface area (Å²) < 4.78 is 74.2. The molecule has 51 heavy (non-hydrogen) atoms. The summed E-state index contributed by atoms with van der Waals surface area (Å²) >= 11 is -1.65. The average Bonchev–Trinajstić information content (AvgIpc) is 3.80. The maximum absolute atomic E-state index is 15.5. The lowest BCUT2D eigenvalue weighted by Gasteiger charge is -2.39. The number of carboxylic acid groups (broad SMARTS) is 1. The maximum Gasteiger partial charge on any atom is 0.435 e. The SMILES string of the molecule is CC(C)(C)[S@+]([O-])N[C@@](CCC1CC1)(c1ccc(C#N)cc1)c1ccc(F)c(NC(=O)c2cc(C(F)(F)F)nn2-c2cccc(CNC(=O)O)c2)c1. The summed E-state index contributed by atoms with van der Waals surface area (Å²) in [5, 5.41) is 26.6. The Bertz CT molecular complexity index is 1950. The predicted octanol–water partition coefficient (Wildman–Crippen LogP) is 7.41. The van der Waals surface area contributed by atoms with Crippen LogP contribution in [0.15, 0.2) is 72.8 Å². The van der Waals surface area contributed by atoms with Crippen LogP contribution < -0.4 is 15.4 Å². The molecule has 15 heteroatoms. The van der Waals surface area contributed by atoms with Gasteiger partial charge in [-0.05, 0) is 92.6 Å². The molecule has 10 nitrogen and oxygen atoms in total. The Morgan fingerprint density at radius 1 is 1.04 bits per heavy atom. The smallest absolute Gasteiger partial charge is 0.435 e. The number of carbonyl (C=O) groups excluding carboxylic acids is 1. The third-order valence-corrected chi connectivity index (χ3v) is 10.1. The van der Waals surface area contributed by atoms with Gasteiger partial charge in [0.1, 0.15) is 21.8 Å². The molecule has 3 aromatic carbocycles. The van der Waals surface area contributed by atoms with Gasteiger partial charge in [0.15, 0.2) is 5.69 Å². The van der Waals surface area contributed by atoms with Crippen LogP contribution in [0.2, 0.25) is 0 Å². The van der Waals surface area contributed by atoms with Crippen LogP contribution in [-0.2, 0) is 29.6 Å². The van der Waals surface area contributed by atoms with Crippen molar-refractivity contribution in [3.63, 3.8) is 0 Å². The molecule has 0 bridgehead atoms. The summed E-state index contributed by atoms with van der Waals surface area (Å²) in [6.45, 7) is 5.24. The lowest BCUT2D eigenvalue weighted by atomic mass is 9.79. The van der Waals surface area contributed by atoms with Gasteiger partial charge >= 0.3 is 12.3 Å². The van der Waals surface area contributed by atoms with E-state index in [9.17, 15) is 32.6 Å². The molecule has 1 aromatic heterocycles. The molecular weight excluding hydrogens is 688 g/mol. The number of amides is 2. The summed E-state index contributed by atoms with van der Waals surface area (Å²) in [4.78, 5) is 24.7. The molecule has 4 aromatic rings. The number of hydrogen-bond acceptors (Lipinski definition) is 6. The highest BCUT2D eigenvalue weighted by Crippen LogP contribution is 2.43. The third-order valence-electron chi connectivity index (χ3n) is 8.49. The van der Waals surface area contributed by atoms with Gasteiger partial charge in [0.25, 0.3) is 5.91 Å². The summed E-state index contributed by atoms with van der Waals surface area (Å²) in [6, 6.07) is 19.1. The number of benzene rings is 3. The van der Waals surface area contributed by atoms with Gasteiger partial charge in [-0.15, -0.1) is 4.72 Å². The third kappa shape index (κ3) is 8.88. The molecule has 1 heterocycles. The molecule has 1 aliphatic rings. The van der Waals surface area contributed by atoms with Gasteiger partial charge in [-0.25, -0.2) is 13.9 Å². The van der Waals surface area contributed by atoms with E-state index >= 15 is 4.39 Å². The number of carbonyl (C=O) groups is 2. The van der Waals surface area contributed by atoms with E-state index in [-0.39, 0.29) is 17.9 Å². The van der Waals surface area contributed by atoms with E-state index in [0.717, 1.165) is 30.0 Å². The molecule has 1 aliphatic carbocycles. The van der Waals surface area contributed by atoms with E-state index in [1.54, 1.807) is 45.0 Å². The van der Waals surface area contributed by atoms with E-state index in [1.807, 2.05) is 0 Å². The topological polar surface area (TPSA) is 155 Å². The lowest BCUT2D eigenvalue weighted by molar-refractivity contribution is -0.141. The molecule has 4 N–H and O–H groups in total. The van der Waals surface area contributed by atoms with E-state index in [0.29, 0.717) is 40.7 Å². The van der Waals surface area contributed by atoms with Crippen LogP contribution in [0.4, 0.5) is 28.0 Å². The van der Waals surface area contributed by atoms with Gasteiger partial charge in [-0.2, -0.15) is 23.5 Å². The second kappa shape index (κ2) is 14.7. The van der Waals surface area contributed by atoms with Crippen molar-refractivity contribution in [2.24, 2.45) is 5.92 Å². The zero-order valence-electron chi connectivity index (χ0n) is 28.0.